The number of ether oxygens (including phenoxy) is 1. The fourth-order valence-corrected chi connectivity index (χ4v) is 2.79. The number of rotatable bonds is 4. The summed E-state index contributed by atoms with van der Waals surface area (Å²) in [6.45, 7) is 1.40. The molecule has 19 heavy (non-hydrogen) atoms. The molecule has 1 saturated heterocycles. The van der Waals surface area contributed by atoms with Crippen molar-refractivity contribution in [2.45, 2.75) is 38.0 Å². The Labute approximate surface area is 112 Å². The first-order valence-corrected chi connectivity index (χ1v) is 6.81. The predicted molar refractivity (Wildman–Crippen MR) is 68.8 cm³/mol. The van der Waals surface area contributed by atoms with Gasteiger partial charge in [0.15, 0.2) is 0 Å². The molecule has 0 amide bonds. The zero-order valence-corrected chi connectivity index (χ0v) is 10.7. The molecular weight excluding hydrogens is 243 g/mol. The quantitative estimate of drug-likeness (QED) is 0.904. The first kappa shape index (κ1) is 12.6. The van der Waals surface area contributed by atoms with Crippen LogP contribution in [-0.2, 0) is 11.3 Å². The van der Waals surface area contributed by atoms with Gasteiger partial charge in [-0.25, -0.2) is 4.39 Å². The predicted octanol–water partition coefficient (Wildman–Crippen LogP) is 2.35. The summed E-state index contributed by atoms with van der Waals surface area (Å²) in [6, 6.07) is 6.82. The van der Waals surface area contributed by atoms with Crippen LogP contribution in [0.5, 0.6) is 0 Å². The van der Waals surface area contributed by atoms with Crippen molar-refractivity contribution in [3.05, 3.63) is 35.1 Å². The molecule has 1 heterocycles. The Balaban J connectivity index is 1.62. The van der Waals surface area contributed by atoms with Gasteiger partial charge in [0, 0.05) is 19.2 Å². The molecular formula is C15H17FN2O. The first-order valence-electron chi connectivity index (χ1n) is 6.81. The molecule has 0 bridgehead atoms. The summed E-state index contributed by atoms with van der Waals surface area (Å²) in [5.74, 6) is 0.361. The van der Waals surface area contributed by atoms with Crippen LogP contribution >= 0.6 is 0 Å². The lowest BCUT2D eigenvalue weighted by Crippen LogP contribution is -2.37. The maximum Gasteiger partial charge on any atom is 0.124 e. The Bertz CT molecular complexity index is 507. The van der Waals surface area contributed by atoms with Crippen molar-refractivity contribution >= 4 is 0 Å². The van der Waals surface area contributed by atoms with E-state index in [9.17, 15) is 4.39 Å². The molecule has 4 heteroatoms. The van der Waals surface area contributed by atoms with E-state index in [0.29, 0.717) is 30.2 Å². The third-order valence-electron chi connectivity index (χ3n) is 3.88. The van der Waals surface area contributed by atoms with Crippen LogP contribution < -0.4 is 5.32 Å². The summed E-state index contributed by atoms with van der Waals surface area (Å²) in [5, 5.41) is 12.3. The Morgan fingerprint density at radius 2 is 2.16 bits per heavy atom. The van der Waals surface area contributed by atoms with Crippen molar-refractivity contribution in [3.63, 3.8) is 0 Å². The van der Waals surface area contributed by atoms with E-state index < -0.39 is 0 Å². The van der Waals surface area contributed by atoms with Crippen LogP contribution in [0.3, 0.4) is 0 Å². The molecule has 1 aromatic rings. The Morgan fingerprint density at radius 1 is 1.32 bits per heavy atom. The van der Waals surface area contributed by atoms with Gasteiger partial charge in [0.1, 0.15) is 5.82 Å². The summed E-state index contributed by atoms with van der Waals surface area (Å²) >= 11 is 0. The summed E-state index contributed by atoms with van der Waals surface area (Å²) in [4.78, 5) is 0. The van der Waals surface area contributed by atoms with E-state index in [1.165, 1.54) is 25.0 Å². The van der Waals surface area contributed by atoms with E-state index in [-0.39, 0.29) is 5.82 Å². The molecule has 2 aliphatic rings. The highest BCUT2D eigenvalue weighted by Crippen LogP contribution is 2.38. The van der Waals surface area contributed by atoms with Gasteiger partial charge >= 0.3 is 0 Å². The fourth-order valence-electron chi connectivity index (χ4n) is 2.79. The SMILES string of the molecule is N#Cc1cc(F)cc(CNC2CCOC2C2CC2)c1. The van der Waals surface area contributed by atoms with E-state index in [1.54, 1.807) is 6.07 Å². The third kappa shape index (κ3) is 2.94. The number of halogens is 1. The highest BCUT2D eigenvalue weighted by molar-refractivity contribution is 5.33. The van der Waals surface area contributed by atoms with E-state index in [1.807, 2.05) is 6.07 Å². The van der Waals surface area contributed by atoms with Crippen LogP contribution in [-0.4, -0.2) is 18.8 Å². The molecule has 0 radical (unpaired) electrons. The molecule has 1 N–H and O–H groups in total. The molecule has 2 unspecified atom stereocenters. The normalized spacial score (nSPS) is 26.3. The Kier molecular flexibility index (Phi) is 3.50. The minimum atomic E-state index is -0.350. The monoisotopic (exact) mass is 260 g/mol. The Morgan fingerprint density at radius 3 is 2.89 bits per heavy atom. The summed E-state index contributed by atoms with van der Waals surface area (Å²) in [7, 11) is 0. The highest BCUT2D eigenvalue weighted by atomic mass is 19.1. The van der Waals surface area contributed by atoms with E-state index in [0.717, 1.165) is 18.6 Å². The van der Waals surface area contributed by atoms with Gasteiger partial charge in [-0.3, -0.25) is 0 Å². The lowest BCUT2D eigenvalue weighted by atomic mass is 10.1. The van der Waals surface area contributed by atoms with Crippen molar-refractivity contribution < 1.29 is 9.13 Å². The number of hydrogen-bond acceptors (Lipinski definition) is 3. The van der Waals surface area contributed by atoms with Crippen LogP contribution in [0.2, 0.25) is 0 Å². The smallest absolute Gasteiger partial charge is 0.124 e. The number of hydrogen-bond donors (Lipinski definition) is 1. The van der Waals surface area contributed by atoms with Crippen LogP contribution in [0, 0.1) is 23.1 Å². The average Bonchev–Trinajstić information content (AvgIpc) is 3.14. The van der Waals surface area contributed by atoms with Crippen molar-refractivity contribution in [2.75, 3.05) is 6.61 Å². The first-order chi connectivity index (χ1) is 9.26. The molecule has 0 spiro atoms. The second kappa shape index (κ2) is 5.28. The van der Waals surface area contributed by atoms with E-state index in [2.05, 4.69) is 5.32 Å². The van der Waals surface area contributed by atoms with Gasteiger partial charge in [-0.15, -0.1) is 0 Å². The summed E-state index contributed by atoms with van der Waals surface area (Å²) in [5.41, 5.74) is 1.19. The van der Waals surface area contributed by atoms with Gasteiger partial charge < -0.3 is 10.1 Å². The molecule has 0 aromatic heterocycles. The molecule has 1 aromatic carbocycles. The minimum Gasteiger partial charge on any atom is -0.376 e. The fraction of sp³-hybridized carbons (Fsp3) is 0.533. The molecule has 2 fully saturated rings. The van der Waals surface area contributed by atoms with Crippen molar-refractivity contribution in [2.24, 2.45) is 5.92 Å². The van der Waals surface area contributed by atoms with Gasteiger partial charge in [-0.05, 0) is 48.9 Å². The number of nitrogens with one attached hydrogen (secondary N) is 1. The van der Waals surface area contributed by atoms with Crippen LogP contribution in [0.4, 0.5) is 4.39 Å². The van der Waals surface area contributed by atoms with Gasteiger partial charge in [-0.2, -0.15) is 5.26 Å². The molecule has 100 valence electrons. The maximum absolute atomic E-state index is 13.3. The van der Waals surface area contributed by atoms with Gasteiger partial charge in [0.05, 0.1) is 17.7 Å². The lowest BCUT2D eigenvalue weighted by Gasteiger charge is -2.19. The third-order valence-corrected chi connectivity index (χ3v) is 3.88. The molecule has 1 saturated carbocycles. The second-order valence-corrected chi connectivity index (χ2v) is 5.41. The van der Waals surface area contributed by atoms with Crippen molar-refractivity contribution in [1.82, 2.24) is 5.32 Å². The zero-order chi connectivity index (χ0) is 13.2. The van der Waals surface area contributed by atoms with Crippen LogP contribution in [0.25, 0.3) is 0 Å². The topological polar surface area (TPSA) is 45.0 Å². The molecule has 2 atom stereocenters. The molecule has 1 aliphatic carbocycles. The number of nitriles is 1. The van der Waals surface area contributed by atoms with E-state index in [4.69, 9.17) is 10.00 Å². The van der Waals surface area contributed by atoms with Crippen LogP contribution in [0.1, 0.15) is 30.4 Å². The lowest BCUT2D eigenvalue weighted by molar-refractivity contribution is 0.0809. The van der Waals surface area contributed by atoms with Gasteiger partial charge in [0.25, 0.3) is 0 Å². The maximum atomic E-state index is 13.3. The van der Waals surface area contributed by atoms with Crippen molar-refractivity contribution in [3.8, 4) is 6.07 Å². The number of nitrogens with zero attached hydrogens (tertiary/aromatic N) is 1. The Hall–Kier alpha value is -1.44. The van der Waals surface area contributed by atoms with Crippen LogP contribution in [0.15, 0.2) is 18.2 Å². The van der Waals surface area contributed by atoms with Gasteiger partial charge in [0.2, 0.25) is 0 Å². The molecule has 3 nitrogen and oxygen atoms in total. The summed E-state index contributed by atoms with van der Waals surface area (Å²) < 4.78 is 19.1. The second-order valence-electron chi connectivity index (χ2n) is 5.41. The van der Waals surface area contributed by atoms with Gasteiger partial charge in [-0.1, -0.05) is 0 Å². The molecule has 3 rings (SSSR count). The van der Waals surface area contributed by atoms with Crippen molar-refractivity contribution in [1.29, 1.82) is 5.26 Å². The van der Waals surface area contributed by atoms with E-state index >= 15 is 0 Å². The molecule has 1 aliphatic heterocycles. The zero-order valence-electron chi connectivity index (χ0n) is 10.7. The standard InChI is InChI=1S/C15H17FN2O/c16-13-6-10(8-17)5-11(7-13)9-18-14-3-4-19-15(14)12-1-2-12/h5-7,12,14-15,18H,1-4,9H2. The highest BCUT2D eigenvalue weighted by Gasteiger charge is 2.40. The number of benzene rings is 1. The average molecular weight is 260 g/mol. The summed E-state index contributed by atoms with van der Waals surface area (Å²) in [6.07, 6.45) is 3.87. The minimum absolute atomic E-state index is 0.323. The largest absolute Gasteiger partial charge is 0.376 e.